The van der Waals surface area contributed by atoms with E-state index >= 15 is 0 Å². The van der Waals surface area contributed by atoms with Gasteiger partial charge in [-0.05, 0) is 50.9 Å². The molecule has 19 heavy (non-hydrogen) atoms. The molecular formula is C15H22N2O2. The van der Waals surface area contributed by atoms with E-state index in [0.717, 1.165) is 31.6 Å². The van der Waals surface area contributed by atoms with Crippen LogP contribution in [-0.2, 0) is 4.79 Å². The molecule has 0 aromatic heterocycles. The number of hydrogen-bond acceptors (Lipinski definition) is 3. The number of nitrogens with one attached hydrogen (secondary N) is 1. The average molecular weight is 262 g/mol. The second kappa shape index (κ2) is 6.68. The maximum Gasteiger partial charge on any atom is 0.241 e. The number of para-hydroxylation sites is 1. The second-order valence-electron chi connectivity index (χ2n) is 5.19. The van der Waals surface area contributed by atoms with Crippen molar-refractivity contribution in [2.75, 3.05) is 25.0 Å². The van der Waals surface area contributed by atoms with Crippen molar-refractivity contribution >= 4 is 11.6 Å². The summed E-state index contributed by atoms with van der Waals surface area (Å²) in [5.74, 6) is 0.439. The van der Waals surface area contributed by atoms with E-state index < -0.39 is 0 Å². The molecule has 1 atom stereocenters. The van der Waals surface area contributed by atoms with Crippen molar-refractivity contribution in [3.05, 3.63) is 30.3 Å². The number of aliphatic hydroxyl groups excluding tert-OH is 1. The van der Waals surface area contributed by atoms with E-state index in [0.29, 0.717) is 5.92 Å². The van der Waals surface area contributed by atoms with Crippen LogP contribution in [0.4, 0.5) is 5.69 Å². The summed E-state index contributed by atoms with van der Waals surface area (Å²) in [5.41, 5.74) is 0.838. The first kappa shape index (κ1) is 14.0. The zero-order valence-corrected chi connectivity index (χ0v) is 11.4. The van der Waals surface area contributed by atoms with Gasteiger partial charge in [0.1, 0.15) is 0 Å². The Labute approximate surface area is 114 Å². The molecule has 4 nitrogen and oxygen atoms in total. The summed E-state index contributed by atoms with van der Waals surface area (Å²) in [7, 11) is 0. The quantitative estimate of drug-likeness (QED) is 0.868. The van der Waals surface area contributed by atoms with Crippen LogP contribution in [0.15, 0.2) is 30.3 Å². The van der Waals surface area contributed by atoms with E-state index in [1.54, 1.807) is 0 Å². The van der Waals surface area contributed by atoms with Gasteiger partial charge < -0.3 is 10.4 Å². The van der Waals surface area contributed by atoms with Crippen LogP contribution in [0.3, 0.4) is 0 Å². The highest BCUT2D eigenvalue weighted by molar-refractivity contribution is 5.94. The predicted molar refractivity (Wildman–Crippen MR) is 75.9 cm³/mol. The first-order valence-electron chi connectivity index (χ1n) is 6.91. The number of piperidine rings is 1. The van der Waals surface area contributed by atoms with Crippen molar-refractivity contribution in [2.24, 2.45) is 5.92 Å². The molecule has 1 heterocycles. The van der Waals surface area contributed by atoms with Crippen molar-refractivity contribution in [1.29, 1.82) is 0 Å². The van der Waals surface area contributed by atoms with Gasteiger partial charge in [-0.15, -0.1) is 0 Å². The van der Waals surface area contributed by atoms with E-state index in [1.165, 1.54) is 0 Å². The van der Waals surface area contributed by atoms with Crippen LogP contribution in [0.1, 0.15) is 19.8 Å². The standard InChI is InChI=1S/C15H22N2O2/c1-12(17-9-7-13(11-18)8-10-17)15(19)16-14-5-3-2-4-6-14/h2-6,12-13,18H,7-11H2,1H3,(H,16,19). The second-order valence-corrected chi connectivity index (χ2v) is 5.19. The monoisotopic (exact) mass is 262 g/mol. The van der Waals surface area contributed by atoms with Crippen molar-refractivity contribution in [3.8, 4) is 0 Å². The molecule has 1 fully saturated rings. The Morgan fingerprint density at radius 3 is 2.58 bits per heavy atom. The van der Waals surface area contributed by atoms with Gasteiger partial charge in [0, 0.05) is 12.3 Å². The number of nitrogens with zero attached hydrogens (tertiary/aromatic N) is 1. The summed E-state index contributed by atoms with van der Waals surface area (Å²) in [6.07, 6.45) is 1.94. The maximum absolute atomic E-state index is 12.2. The number of carbonyl (C=O) groups excluding carboxylic acids is 1. The van der Waals surface area contributed by atoms with Gasteiger partial charge >= 0.3 is 0 Å². The fourth-order valence-electron chi connectivity index (χ4n) is 2.46. The van der Waals surface area contributed by atoms with E-state index in [1.807, 2.05) is 37.3 Å². The summed E-state index contributed by atoms with van der Waals surface area (Å²) in [6.45, 7) is 3.97. The first-order valence-corrected chi connectivity index (χ1v) is 6.91. The van der Waals surface area contributed by atoms with Crippen LogP contribution in [0.25, 0.3) is 0 Å². The number of rotatable bonds is 4. The van der Waals surface area contributed by atoms with Gasteiger partial charge in [0.25, 0.3) is 0 Å². The molecule has 0 bridgehead atoms. The third-order valence-electron chi connectivity index (χ3n) is 3.88. The Balaban J connectivity index is 1.86. The third-order valence-corrected chi connectivity index (χ3v) is 3.88. The van der Waals surface area contributed by atoms with E-state index in [4.69, 9.17) is 5.11 Å². The van der Waals surface area contributed by atoms with Gasteiger partial charge in [-0.1, -0.05) is 18.2 Å². The van der Waals surface area contributed by atoms with Gasteiger partial charge in [0.05, 0.1) is 6.04 Å². The van der Waals surface area contributed by atoms with Crippen molar-refractivity contribution in [2.45, 2.75) is 25.8 Å². The van der Waals surface area contributed by atoms with Crippen LogP contribution in [-0.4, -0.2) is 41.7 Å². The molecule has 1 aromatic rings. The molecule has 1 saturated heterocycles. The lowest BCUT2D eigenvalue weighted by Gasteiger charge is -2.34. The number of carbonyl (C=O) groups is 1. The smallest absolute Gasteiger partial charge is 0.241 e. The number of anilines is 1. The Hall–Kier alpha value is -1.39. The van der Waals surface area contributed by atoms with E-state index in [-0.39, 0.29) is 18.6 Å². The molecular weight excluding hydrogens is 240 g/mol. The van der Waals surface area contributed by atoms with Gasteiger partial charge in [-0.3, -0.25) is 9.69 Å². The fraction of sp³-hybridized carbons (Fsp3) is 0.533. The molecule has 1 unspecified atom stereocenters. The summed E-state index contributed by atoms with van der Waals surface area (Å²) in [5, 5.41) is 12.1. The molecule has 2 N–H and O–H groups in total. The van der Waals surface area contributed by atoms with Gasteiger partial charge in [-0.2, -0.15) is 0 Å². The minimum atomic E-state index is -0.125. The highest BCUT2D eigenvalue weighted by atomic mass is 16.3. The maximum atomic E-state index is 12.2. The predicted octanol–water partition coefficient (Wildman–Crippen LogP) is 1.72. The molecule has 0 spiro atoms. The SMILES string of the molecule is CC(C(=O)Nc1ccccc1)N1CCC(CO)CC1. The minimum absolute atomic E-state index is 0.0358. The van der Waals surface area contributed by atoms with Crippen molar-refractivity contribution in [3.63, 3.8) is 0 Å². The molecule has 0 aliphatic carbocycles. The molecule has 1 amide bonds. The zero-order chi connectivity index (χ0) is 13.7. The summed E-state index contributed by atoms with van der Waals surface area (Å²) in [4.78, 5) is 14.3. The highest BCUT2D eigenvalue weighted by Gasteiger charge is 2.26. The molecule has 2 rings (SSSR count). The van der Waals surface area contributed by atoms with Gasteiger partial charge in [-0.25, -0.2) is 0 Å². The number of benzene rings is 1. The lowest BCUT2D eigenvalue weighted by Crippen LogP contribution is -2.46. The highest BCUT2D eigenvalue weighted by Crippen LogP contribution is 2.19. The summed E-state index contributed by atoms with van der Waals surface area (Å²) in [6, 6.07) is 9.41. The molecule has 0 radical (unpaired) electrons. The Bertz CT molecular complexity index is 400. The normalized spacial score (nSPS) is 19.1. The number of likely N-dealkylation sites (tertiary alicyclic amines) is 1. The molecule has 1 aliphatic rings. The van der Waals surface area contributed by atoms with Crippen LogP contribution >= 0.6 is 0 Å². The fourth-order valence-corrected chi connectivity index (χ4v) is 2.46. The summed E-state index contributed by atoms with van der Waals surface area (Å²) >= 11 is 0. The van der Waals surface area contributed by atoms with Crippen molar-refractivity contribution < 1.29 is 9.90 Å². The number of amides is 1. The first-order chi connectivity index (χ1) is 9.20. The number of aliphatic hydroxyl groups is 1. The largest absolute Gasteiger partial charge is 0.396 e. The topological polar surface area (TPSA) is 52.6 Å². The van der Waals surface area contributed by atoms with E-state index in [2.05, 4.69) is 10.2 Å². The molecule has 1 aliphatic heterocycles. The average Bonchev–Trinajstić information content (AvgIpc) is 2.47. The molecule has 0 saturated carbocycles. The molecule has 1 aromatic carbocycles. The lowest BCUT2D eigenvalue weighted by atomic mass is 9.97. The number of hydrogen-bond donors (Lipinski definition) is 2. The van der Waals surface area contributed by atoms with Crippen LogP contribution < -0.4 is 5.32 Å². The van der Waals surface area contributed by atoms with E-state index in [9.17, 15) is 4.79 Å². The van der Waals surface area contributed by atoms with Crippen LogP contribution in [0, 0.1) is 5.92 Å². The van der Waals surface area contributed by atoms with Gasteiger partial charge in [0.15, 0.2) is 0 Å². The minimum Gasteiger partial charge on any atom is -0.396 e. The Morgan fingerprint density at radius 1 is 1.37 bits per heavy atom. The van der Waals surface area contributed by atoms with Crippen molar-refractivity contribution in [1.82, 2.24) is 4.90 Å². The zero-order valence-electron chi connectivity index (χ0n) is 11.4. The van der Waals surface area contributed by atoms with Crippen LogP contribution in [0.5, 0.6) is 0 Å². The summed E-state index contributed by atoms with van der Waals surface area (Å²) < 4.78 is 0. The Morgan fingerprint density at radius 2 is 2.00 bits per heavy atom. The van der Waals surface area contributed by atoms with Crippen LogP contribution in [0.2, 0.25) is 0 Å². The van der Waals surface area contributed by atoms with Gasteiger partial charge in [0.2, 0.25) is 5.91 Å². The third kappa shape index (κ3) is 3.78. The lowest BCUT2D eigenvalue weighted by molar-refractivity contribution is -0.121. The Kier molecular flexibility index (Phi) is 4.93. The molecule has 4 heteroatoms. The molecule has 104 valence electrons.